The van der Waals surface area contributed by atoms with E-state index in [1.165, 1.54) is 19.3 Å². The number of nitrogens with one attached hydrogen (secondary N) is 1. The molecule has 106 valence electrons. The Balaban J connectivity index is 2.01. The molecule has 0 spiro atoms. The van der Waals surface area contributed by atoms with Gasteiger partial charge in [-0.3, -0.25) is 0 Å². The summed E-state index contributed by atoms with van der Waals surface area (Å²) in [5.41, 5.74) is 0.898. The second-order valence-corrected chi connectivity index (χ2v) is 7.92. The molecule has 0 saturated heterocycles. The van der Waals surface area contributed by atoms with Crippen molar-refractivity contribution in [3.63, 3.8) is 0 Å². The van der Waals surface area contributed by atoms with Crippen LogP contribution in [0, 0.1) is 16.7 Å². The number of hydrogen-bond donors (Lipinski definition) is 1. The lowest BCUT2D eigenvalue weighted by atomic mass is 9.68. The maximum Gasteiger partial charge on any atom is 0.0750 e. The highest BCUT2D eigenvalue weighted by atomic mass is 16.5. The molecule has 2 aliphatic rings. The van der Waals surface area contributed by atoms with E-state index in [-0.39, 0.29) is 5.60 Å². The third-order valence-electron chi connectivity index (χ3n) is 5.54. The Kier molecular flexibility index (Phi) is 3.57. The molecule has 2 bridgehead atoms. The van der Waals surface area contributed by atoms with Crippen molar-refractivity contribution in [1.29, 1.82) is 0 Å². The topological polar surface area (TPSA) is 21.3 Å². The fourth-order valence-electron chi connectivity index (χ4n) is 4.60. The van der Waals surface area contributed by atoms with Crippen molar-refractivity contribution >= 4 is 0 Å². The van der Waals surface area contributed by atoms with Crippen LogP contribution in [0.3, 0.4) is 0 Å². The fourth-order valence-corrected chi connectivity index (χ4v) is 4.60. The minimum atomic E-state index is -0.0526. The summed E-state index contributed by atoms with van der Waals surface area (Å²) < 4.78 is 5.81. The van der Waals surface area contributed by atoms with E-state index >= 15 is 0 Å². The second kappa shape index (κ2) is 4.49. The van der Waals surface area contributed by atoms with Gasteiger partial charge in [-0.25, -0.2) is 0 Å². The Hall–Kier alpha value is -0.0800. The normalized spacial score (nSPS) is 38.3. The van der Waals surface area contributed by atoms with Crippen molar-refractivity contribution < 1.29 is 4.74 Å². The van der Waals surface area contributed by atoms with Crippen LogP contribution < -0.4 is 5.32 Å². The average Bonchev–Trinajstić information content (AvgIpc) is 2.68. The summed E-state index contributed by atoms with van der Waals surface area (Å²) >= 11 is 0. The van der Waals surface area contributed by atoms with Crippen molar-refractivity contribution in [3.05, 3.63) is 0 Å². The molecule has 3 atom stereocenters. The van der Waals surface area contributed by atoms with Gasteiger partial charge in [0, 0.05) is 19.2 Å². The van der Waals surface area contributed by atoms with Crippen LogP contribution in [-0.4, -0.2) is 24.8 Å². The van der Waals surface area contributed by atoms with Crippen LogP contribution in [0.15, 0.2) is 0 Å². The predicted octanol–water partition coefficient (Wildman–Crippen LogP) is 3.61. The zero-order valence-electron chi connectivity index (χ0n) is 13.1. The molecule has 0 amide bonds. The van der Waals surface area contributed by atoms with Gasteiger partial charge in [0.2, 0.25) is 0 Å². The molecule has 1 N–H and O–H groups in total. The highest BCUT2D eigenvalue weighted by Gasteiger charge is 2.59. The van der Waals surface area contributed by atoms with Crippen LogP contribution in [0.4, 0.5) is 0 Å². The highest BCUT2D eigenvalue weighted by molar-refractivity contribution is 5.12. The molecule has 0 radical (unpaired) electrons. The summed E-state index contributed by atoms with van der Waals surface area (Å²) in [5.74, 6) is 0.912. The summed E-state index contributed by atoms with van der Waals surface area (Å²) in [4.78, 5) is 0. The van der Waals surface area contributed by atoms with E-state index < -0.39 is 0 Å². The van der Waals surface area contributed by atoms with Gasteiger partial charge in [0.05, 0.1) is 5.60 Å². The standard InChI is InChI=1S/C16H31NO/c1-7-18-14(2,3)11-17-13-15(4,5)12-8-9-16(13,6)10-12/h12-13,17H,7-11H2,1-6H3/t12-,13?,16+/m0/s1. The minimum absolute atomic E-state index is 0.0526. The lowest BCUT2D eigenvalue weighted by Crippen LogP contribution is -2.54. The minimum Gasteiger partial charge on any atom is -0.375 e. The molecule has 2 heteroatoms. The SMILES string of the molecule is CCOC(C)(C)CNC1C(C)(C)[C@H]2CC[C@]1(C)C2. The molecule has 18 heavy (non-hydrogen) atoms. The highest BCUT2D eigenvalue weighted by Crippen LogP contribution is 2.62. The van der Waals surface area contributed by atoms with Gasteiger partial charge in [-0.2, -0.15) is 0 Å². The molecule has 0 aromatic heterocycles. The van der Waals surface area contributed by atoms with Crippen molar-refractivity contribution in [2.24, 2.45) is 16.7 Å². The van der Waals surface area contributed by atoms with Gasteiger partial charge in [-0.15, -0.1) is 0 Å². The molecule has 2 fully saturated rings. The van der Waals surface area contributed by atoms with Crippen LogP contribution in [0.1, 0.15) is 60.8 Å². The predicted molar refractivity (Wildman–Crippen MR) is 76.7 cm³/mol. The van der Waals surface area contributed by atoms with Crippen LogP contribution in [0.25, 0.3) is 0 Å². The molecule has 2 nitrogen and oxygen atoms in total. The van der Waals surface area contributed by atoms with Crippen molar-refractivity contribution in [1.82, 2.24) is 5.32 Å². The van der Waals surface area contributed by atoms with Gasteiger partial charge in [-0.05, 0) is 56.8 Å². The summed E-state index contributed by atoms with van der Waals surface area (Å²) in [5, 5.41) is 3.84. The van der Waals surface area contributed by atoms with E-state index in [1.54, 1.807) is 0 Å². The maximum atomic E-state index is 5.81. The Labute approximate surface area is 113 Å². The lowest BCUT2D eigenvalue weighted by molar-refractivity contribution is -0.0192. The van der Waals surface area contributed by atoms with Crippen LogP contribution in [-0.2, 0) is 4.74 Å². The molecule has 1 unspecified atom stereocenters. The Morgan fingerprint density at radius 3 is 2.44 bits per heavy atom. The van der Waals surface area contributed by atoms with Crippen molar-refractivity contribution in [2.45, 2.75) is 72.4 Å². The smallest absolute Gasteiger partial charge is 0.0750 e. The first kappa shape index (κ1) is 14.3. The van der Waals surface area contributed by atoms with E-state index in [0.717, 1.165) is 19.1 Å². The van der Waals surface area contributed by atoms with E-state index in [2.05, 4.69) is 46.9 Å². The monoisotopic (exact) mass is 253 g/mol. The first-order chi connectivity index (χ1) is 8.21. The maximum absolute atomic E-state index is 5.81. The van der Waals surface area contributed by atoms with Crippen LogP contribution >= 0.6 is 0 Å². The molecule has 0 heterocycles. The van der Waals surface area contributed by atoms with Gasteiger partial charge in [0.25, 0.3) is 0 Å². The zero-order chi connectivity index (χ0) is 13.6. The third kappa shape index (κ3) is 2.34. The first-order valence-electron chi connectivity index (χ1n) is 7.59. The Bertz CT molecular complexity index is 305. The number of hydrogen-bond acceptors (Lipinski definition) is 2. The van der Waals surface area contributed by atoms with Gasteiger partial charge >= 0.3 is 0 Å². The number of rotatable bonds is 5. The first-order valence-corrected chi connectivity index (χ1v) is 7.59. The lowest BCUT2D eigenvalue weighted by Gasteiger charge is -2.44. The summed E-state index contributed by atoms with van der Waals surface area (Å²) in [7, 11) is 0. The molecule has 0 aliphatic heterocycles. The molecular formula is C16H31NO. The summed E-state index contributed by atoms with van der Waals surface area (Å²) in [6.07, 6.45) is 4.23. The van der Waals surface area contributed by atoms with Gasteiger partial charge < -0.3 is 10.1 Å². The Morgan fingerprint density at radius 2 is 1.94 bits per heavy atom. The van der Waals surface area contributed by atoms with E-state index in [0.29, 0.717) is 16.9 Å². The number of ether oxygens (including phenoxy) is 1. The third-order valence-corrected chi connectivity index (χ3v) is 5.54. The molecule has 2 saturated carbocycles. The quantitative estimate of drug-likeness (QED) is 0.808. The van der Waals surface area contributed by atoms with E-state index in [1.807, 2.05) is 0 Å². The van der Waals surface area contributed by atoms with E-state index in [9.17, 15) is 0 Å². The molecule has 2 rings (SSSR count). The number of fused-ring (bicyclic) bond motifs is 2. The molecule has 0 aromatic rings. The zero-order valence-corrected chi connectivity index (χ0v) is 13.1. The van der Waals surface area contributed by atoms with Gasteiger partial charge in [-0.1, -0.05) is 20.8 Å². The van der Waals surface area contributed by atoms with E-state index in [4.69, 9.17) is 4.74 Å². The average molecular weight is 253 g/mol. The van der Waals surface area contributed by atoms with Gasteiger partial charge in [0.1, 0.15) is 0 Å². The second-order valence-electron chi connectivity index (χ2n) is 7.92. The summed E-state index contributed by atoms with van der Waals surface area (Å²) in [6, 6.07) is 0.642. The van der Waals surface area contributed by atoms with Crippen molar-refractivity contribution in [3.8, 4) is 0 Å². The van der Waals surface area contributed by atoms with Crippen LogP contribution in [0.5, 0.6) is 0 Å². The van der Waals surface area contributed by atoms with Gasteiger partial charge in [0.15, 0.2) is 0 Å². The molecular weight excluding hydrogens is 222 g/mol. The molecule has 2 aliphatic carbocycles. The Morgan fingerprint density at radius 1 is 1.28 bits per heavy atom. The molecule has 0 aromatic carbocycles. The largest absolute Gasteiger partial charge is 0.375 e. The van der Waals surface area contributed by atoms with Crippen molar-refractivity contribution in [2.75, 3.05) is 13.2 Å². The fraction of sp³-hybridized carbons (Fsp3) is 1.00. The summed E-state index contributed by atoms with van der Waals surface area (Å²) in [6.45, 7) is 15.6. The van der Waals surface area contributed by atoms with Crippen LogP contribution in [0.2, 0.25) is 0 Å².